The van der Waals surface area contributed by atoms with Crippen LogP contribution >= 0.6 is 0 Å². The standard InChI is InChI=1S/C27H42IO4/c1-16(29)32-21-10-12-26(5)19(24(21,2)3)9-11-25(4)18-8-13-27(23(30)31)14-15-28-22(27)17(18)6-7-20(25)26/h17-22H,6-15H2,1-5H3,(H,30,31)/q-1. The van der Waals surface area contributed by atoms with Crippen molar-refractivity contribution in [3.8, 4) is 0 Å². The first-order valence-corrected chi connectivity index (χ1v) is 15.7. The van der Waals surface area contributed by atoms with Gasteiger partial charge in [0.2, 0.25) is 0 Å². The van der Waals surface area contributed by atoms with E-state index in [0.717, 1.165) is 32.1 Å². The SMILES string of the molecule is CC(=O)OC1CCC2(C)C(CCC3(C)C4CCC5(C(=O)O)CC[I-]C5C4CCC32)C1(C)C. The van der Waals surface area contributed by atoms with E-state index in [1.165, 1.54) is 30.1 Å². The minimum absolute atomic E-state index is 0.0127. The second-order valence-electron chi connectivity index (χ2n) is 13.0. The van der Waals surface area contributed by atoms with Gasteiger partial charge in [-0.1, -0.05) is 0 Å². The zero-order valence-electron chi connectivity index (χ0n) is 20.6. The molecule has 0 radical (unpaired) electrons. The van der Waals surface area contributed by atoms with Crippen molar-refractivity contribution in [3.63, 3.8) is 0 Å². The first-order valence-electron chi connectivity index (χ1n) is 13.0. The van der Waals surface area contributed by atoms with Crippen LogP contribution in [-0.2, 0) is 14.3 Å². The summed E-state index contributed by atoms with van der Waals surface area (Å²) in [6, 6.07) is 0. The van der Waals surface area contributed by atoms with E-state index in [9.17, 15) is 14.7 Å². The van der Waals surface area contributed by atoms with Crippen LogP contribution in [0.1, 0.15) is 92.4 Å². The van der Waals surface area contributed by atoms with E-state index in [0.29, 0.717) is 38.4 Å². The normalized spacial score (nSPS) is 51.8. The van der Waals surface area contributed by atoms with Crippen LogP contribution in [0.4, 0.5) is 0 Å². The number of rotatable bonds is 2. The second-order valence-corrected chi connectivity index (χ2v) is 16.3. The van der Waals surface area contributed by atoms with Gasteiger partial charge in [0, 0.05) is 0 Å². The van der Waals surface area contributed by atoms with Crippen molar-refractivity contribution in [3.05, 3.63) is 0 Å². The van der Waals surface area contributed by atoms with Crippen molar-refractivity contribution in [2.75, 3.05) is 4.43 Å². The van der Waals surface area contributed by atoms with Gasteiger partial charge in [-0.25, -0.2) is 0 Å². The van der Waals surface area contributed by atoms with Crippen molar-refractivity contribution in [1.82, 2.24) is 0 Å². The Morgan fingerprint density at radius 1 is 0.875 bits per heavy atom. The van der Waals surface area contributed by atoms with Gasteiger partial charge in [0.1, 0.15) is 0 Å². The van der Waals surface area contributed by atoms with Gasteiger partial charge >= 0.3 is 205 Å². The molecule has 1 saturated heterocycles. The average molecular weight is 558 g/mol. The molecule has 1 N–H and O–H groups in total. The molecule has 4 saturated carbocycles. The van der Waals surface area contributed by atoms with Crippen molar-refractivity contribution in [1.29, 1.82) is 0 Å². The van der Waals surface area contributed by atoms with Crippen molar-refractivity contribution >= 4 is 11.9 Å². The number of hydrogen-bond donors (Lipinski definition) is 1. The monoisotopic (exact) mass is 557 g/mol. The van der Waals surface area contributed by atoms with Gasteiger partial charge in [-0.2, -0.15) is 0 Å². The van der Waals surface area contributed by atoms with Crippen LogP contribution in [0.5, 0.6) is 0 Å². The van der Waals surface area contributed by atoms with Crippen LogP contribution in [0.15, 0.2) is 0 Å². The molecule has 0 bridgehead atoms. The number of ether oxygens (including phenoxy) is 1. The number of carboxylic acid groups (broad SMARTS) is 1. The third kappa shape index (κ3) is 3.03. The van der Waals surface area contributed by atoms with Crippen LogP contribution < -0.4 is 21.2 Å². The summed E-state index contributed by atoms with van der Waals surface area (Å²) in [7, 11) is 0. The molecule has 5 aliphatic rings. The van der Waals surface area contributed by atoms with Gasteiger partial charge in [-0.3, -0.25) is 0 Å². The zero-order valence-corrected chi connectivity index (χ0v) is 22.7. The molecule has 9 atom stereocenters. The molecule has 5 rings (SSSR count). The molecule has 1 heterocycles. The van der Waals surface area contributed by atoms with Crippen LogP contribution in [0.2, 0.25) is 0 Å². The molecule has 5 fully saturated rings. The number of fused-ring (bicyclic) bond motifs is 7. The first kappa shape index (κ1) is 23.4. The van der Waals surface area contributed by atoms with Gasteiger partial charge in [-0.15, -0.1) is 0 Å². The topological polar surface area (TPSA) is 63.6 Å². The average Bonchev–Trinajstić information content (AvgIpc) is 3.15. The zero-order chi connectivity index (χ0) is 23.1. The van der Waals surface area contributed by atoms with Gasteiger partial charge in [0.15, 0.2) is 0 Å². The Morgan fingerprint density at radius 3 is 2.28 bits per heavy atom. The number of halogens is 1. The van der Waals surface area contributed by atoms with Crippen LogP contribution in [0, 0.1) is 45.3 Å². The minimum atomic E-state index is -0.480. The third-order valence-electron chi connectivity index (χ3n) is 11.5. The fraction of sp³-hybridized carbons (Fsp3) is 0.926. The van der Waals surface area contributed by atoms with E-state index in [1.54, 1.807) is 6.92 Å². The number of hydrogen-bond acceptors (Lipinski definition) is 3. The Bertz CT molecular complexity index is 809. The van der Waals surface area contributed by atoms with Gasteiger partial charge in [-0.05, 0) is 0 Å². The summed E-state index contributed by atoms with van der Waals surface area (Å²) >= 11 is 0.0143. The Morgan fingerprint density at radius 2 is 1.59 bits per heavy atom. The van der Waals surface area contributed by atoms with Gasteiger partial charge in [0.25, 0.3) is 0 Å². The summed E-state index contributed by atoms with van der Waals surface area (Å²) in [5, 5.41) is 10.2. The van der Waals surface area contributed by atoms with E-state index >= 15 is 0 Å². The Kier molecular flexibility index (Phi) is 5.55. The van der Waals surface area contributed by atoms with Crippen LogP contribution in [0.3, 0.4) is 0 Å². The Labute approximate surface area is 204 Å². The maximum absolute atomic E-state index is 12.4. The van der Waals surface area contributed by atoms with Crippen LogP contribution in [0.25, 0.3) is 0 Å². The first-order chi connectivity index (χ1) is 15.0. The van der Waals surface area contributed by atoms with Gasteiger partial charge in [0.05, 0.1) is 0 Å². The number of carbonyl (C=O) groups is 2. The second kappa shape index (κ2) is 7.58. The number of esters is 1. The summed E-state index contributed by atoms with van der Waals surface area (Å²) in [5.74, 6) is 2.04. The maximum atomic E-state index is 12.4. The summed E-state index contributed by atoms with van der Waals surface area (Å²) in [6.07, 6.45) is 10.2. The Hall–Kier alpha value is -0.330. The number of aliphatic carboxylic acids is 1. The number of carboxylic acids is 1. The molecule has 0 aromatic heterocycles. The summed E-state index contributed by atoms with van der Waals surface area (Å²) in [5.41, 5.74) is 0.279. The number of alkyl halides is 2. The summed E-state index contributed by atoms with van der Waals surface area (Å²) in [6.45, 7) is 11.4. The van der Waals surface area contributed by atoms with Crippen molar-refractivity contribution < 1.29 is 40.6 Å². The predicted octanol–water partition coefficient (Wildman–Crippen LogP) is 2.53. The quantitative estimate of drug-likeness (QED) is 0.322. The van der Waals surface area contributed by atoms with Gasteiger partial charge < -0.3 is 0 Å². The van der Waals surface area contributed by atoms with E-state index in [4.69, 9.17) is 4.74 Å². The van der Waals surface area contributed by atoms with Crippen molar-refractivity contribution in [2.45, 2.75) is 102 Å². The molecule has 0 amide bonds. The van der Waals surface area contributed by atoms with E-state index < -0.39 is 5.97 Å². The Balaban J connectivity index is 1.44. The molecule has 1 aliphatic heterocycles. The fourth-order valence-corrected chi connectivity index (χ4v) is 15.4. The van der Waals surface area contributed by atoms with Crippen molar-refractivity contribution in [2.24, 2.45) is 45.3 Å². The van der Waals surface area contributed by atoms with E-state index in [1.807, 2.05) is 0 Å². The molecule has 0 spiro atoms. The third-order valence-corrected chi connectivity index (χ3v) is 15.8. The predicted molar refractivity (Wildman–Crippen MR) is 120 cm³/mol. The molecular weight excluding hydrogens is 515 g/mol. The molecule has 32 heavy (non-hydrogen) atoms. The summed E-state index contributed by atoms with van der Waals surface area (Å²) in [4.78, 5) is 24.2. The molecule has 4 nitrogen and oxygen atoms in total. The van der Waals surface area contributed by atoms with Crippen LogP contribution in [-0.4, -0.2) is 31.5 Å². The molecule has 182 valence electrons. The molecule has 5 heteroatoms. The molecule has 0 aromatic carbocycles. The summed E-state index contributed by atoms with van der Waals surface area (Å²) < 4.78 is 7.56. The molecule has 4 aliphatic carbocycles. The molecule has 9 unspecified atom stereocenters. The van der Waals surface area contributed by atoms with E-state index in [-0.39, 0.29) is 44.1 Å². The number of carbonyl (C=O) groups excluding carboxylic acids is 1. The van der Waals surface area contributed by atoms with E-state index in [2.05, 4.69) is 27.7 Å². The molecular formula is C27H42IO4-. The molecule has 0 aromatic rings. The fourth-order valence-electron chi connectivity index (χ4n) is 10.2.